The molecule has 4 aromatic heterocycles. The minimum Gasteiger partial charge on any atom is -0.327 e. The smallest absolute Gasteiger partial charge is 0.230 e. The van der Waals surface area contributed by atoms with Crippen LogP contribution in [0.2, 0.25) is 0 Å². The van der Waals surface area contributed by atoms with Gasteiger partial charge in [0.25, 0.3) is 0 Å². The van der Waals surface area contributed by atoms with E-state index in [0.29, 0.717) is 46.2 Å². The van der Waals surface area contributed by atoms with Crippen LogP contribution in [0.1, 0.15) is 5.69 Å². The van der Waals surface area contributed by atoms with Gasteiger partial charge in [-0.25, -0.2) is 4.52 Å². The number of imidazole rings is 1. The van der Waals surface area contributed by atoms with Gasteiger partial charge in [-0.3, -0.25) is 9.67 Å². The fourth-order valence-electron chi connectivity index (χ4n) is 2.54. The highest BCUT2D eigenvalue weighted by Gasteiger charge is 2.15. The molecule has 4 aromatic rings. The molecule has 0 saturated heterocycles. The summed E-state index contributed by atoms with van der Waals surface area (Å²) in [6.45, 7) is 1.88. The number of aromatic nitrogens is 8. The number of aromatic amines is 5. The van der Waals surface area contributed by atoms with Crippen molar-refractivity contribution in [1.82, 2.24) is 39.1 Å². The molecule has 0 spiro atoms. The molecule has 122 valence electrons. The summed E-state index contributed by atoms with van der Waals surface area (Å²) in [5, 5.41) is 2.92. The molecule has 4 heterocycles. The maximum atomic E-state index is 5.60. The molecule has 0 aliphatic carbocycles. The number of rotatable bonds is 1. The zero-order valence-electron chi connectivity index (χ0n) is 11.9. The van der Waals surface area contributed by atoms with E-state index in [0.717, 1.165) is 5.69 Å². The van der Waals surface area contributed by atoms with Gasteiger partial charge in [-0.1, -0.05) is 24.4 Å². The summed E-state index contributed by atoms with van der Waals surface area (Å²) in [4.78, 5) is 16.4. The summed E-state index contributed by atoms with van der Waals surface area (Å²) in [5.74, 6) is 0.530. The van der Waals surface area contributed by atoms with E-state index >= 15 is 0 Å². The summed E-state index contributed by atoms with van der Waals surface area (Å²) in [6, 6.07) is 0. The Morgan fingerprint density at radius 3 is 2.46 bits per heavy atom. The second kappa shape index (κ2) is 5.35. The fraction of sp³-hybridized carbons (Fsp3) is 0.0909. The van der Waals surface area contributed by atoms with Crippen molar-refractivity contribution in [2.24, 2.45) is 0 Å². The van der Waals surface area contributed by atoms with Gasteiger partial charge in [-0.15, -0.1) is 0 Å². The molecule has 0 amide bonds. The van der Waals surface area contributed by atoms with Gasteiger partial charge in [0.15, 0.2) is 14.2 Å². The molecule has 0 saturated carbocycles. The monoisotopic (exact) mass is 412 g/mol. The average Bonchev–Trinajstić information content (AvgIpc) is 3.00. The lowest BCUT2D eigenvalue weighted by atomic mass is 10.3. The molecule has 0 aliphatic rings. The molecule has 0 fully saturated rings. The van der Waals surface area contributed by atoms with E-state index < -0.39 is 0 Å². The number of nitrogens with zero attached hydrogens (tertiary/aromatic N) is 3. The summed E-state index contributed by atoms with van der Waals surface area (Å²) < 4.78 is 5.45. The Bertz CT molecular complexity index is 1420. The largest absolute Gasteiger partial charge is 0.327 e. The number of aryl methyl sites for hydroxylation is 1. The lowest BCUT2D eigenvalue weighted by Gasteiger charge is -2.09. The third-order valence-electron chi connectivity index (χ3n) is 3.49. The fourth-order valence-corrected chi connectivity index (χ4v) is 3.89. The predicted octanol–water partition coefficient (Wildman–Crippen LogP) is 3.87. The number of hydrogen-bond acceptors (Lipinski definition) is 6. The molecule has 5 N–H and O–H groups in total. The topological polar surface area (TPSA) is 101 Å². The first-order valence-corrected chi connectivity index (χ1v) is 8.60. The van der Waals surface area contributed by atoms with Crippen LogP contribution in [0.25, 0.3) is 22.6 Å². The van der Waals surface area contributed by atoms with Gasteiger partial charge < -0.3 is 19.9 Å². The quantitative estimate of drug-likeness (QED) is 0.304. The second-order valence-electron chi connectivity index (χ2n) is 4.99. The standard InChI is InChI=1S/C11H8N8S5/c1-2-4(7(21)19-8(12-2)16-10(23)17-19)18-5-3(13-11(18)24)6(20)15-9(22)14-5/h1H3,(H,13,24)(H2,12,16,17,23)(H2,14,15,20,22). The Hall–Kier alpha value is -1.80. The van der Waals surface area contributed by atoms with Crippen LogP contribution in [0.3, 0.4) is 0 Å². The van der Waals surface area contributed by atoms with Crippen molar-refractivity contribution in [3.8, 4) is 5.69 Å². The number of hydrogen-bond donors (Lipinski definition) is 5. The first-order chi connectivity index (χ1) is 11.4. The zero-order valence-corrected chi connectivity index (χ0v) is 16.0. The maximum absolute atomic E-state index is 5.60. The van der Waals surface area contributed by atoms with Gasteiger partial charge >= 0.3 is 0 Å². The highest BCUT2D eigenvalue weighted by molar-refractivity contribution is 7.72. The van der Waals surface area contributed by atoms with Crippen molar-refractivity contribution in [1.29, 1.82) is 0 Å². The minimum atomic E-state index is 0.332. The molecule has 0 unspecified atom stereocenters. The Labute approximate surface area is 158 Å². The van der Waals surface area contributed by atoms with Crippen LogP contribution < -0.4 is 0 Å². The molecular weight excluding hydrogens is 405 g/mol. The normalized spacial score (nSPS) is 11.5. The summed E-state index contributed by atoms with van der Waals surface area (Å²) >= 11 is 26.6. The Morgan fingerprint density at radius 1 is 0.958 bits per heavy atom. The van der Waals surface area contributed by atoms with Crippen molar-refractivity contribution >= 4 is 78.0 Å². The van der Waals surface area contributed by atoms with E-state index in [4.69, 9.17) is 61.1 Å². The molecule has 0 aliphatic heterocycles. The van der Waals surface area contributed by atoms with E-state index in [2.05, 4.69) is 30.0 Å². The number of H-pyrrole nitrogens is 5. The van der Waals surface area contributed by atoms with E-state index in [9.17, 15) is 0 Å². The van der Waals surface area contributed by atoms with Crippen LogP contribution in [0.5, 0.6) is 0 Å². The molecule has 0 aromatic carbocycles. The van der Waals surface area contributed by atoms with Crippen LogP contribution >= 0.6 is 61.1 Å². The van der Waals surface area contributed by atoms with Crippen LogP contribution in [-0.2, 0) is 0 Å². The van der Waals surface area contributed by atoms with Crippen molar-refractivity contribution in [2.45, 2.75) is 6.92 Å². The number of nitrogens with one attached hydrogen (secondary N) is 5. The van der Waals surface area contributed by atoms with E-state index in [-0.39, 0.29) is 0 Å². The lowest BCUT2D eigenvalue weighted by Crippen LogP contribution is -2.06. The van der Waals surface area contributed by atoms with Gasteiger partial charge in [-0.2, -0.15) is 4.98 Å². The molecule has 4 rings (SSSR count). The van der Waals surface area contributed by atoms with E-state index in [1.54, 1.807) is 9.08 Å². The third kappa shape index (κ3) is 2.20. The molecule has 24 heavy (non-hydrogen) atoms. The van der Waals surface area contributed by atoms with Gasteiger partial charge in [0.2, 0.25) is 10.5 Å². The van der Waals surface area contributed by atoms with Crippen LogP contribution in [0.4, 0.5) is 0 Å². The average molecular weight is 413 g/mol. The van der Waals surface area contributed by atoms with Gasteiger partial charge in [0, 0.05) is 5.69 Å². The highest BCUT2D eigenvalue weighted by Crippen LogP contribution is 2.21. The van der Waals surface area contributed by atoms with Gasteiger partial charge in [0.05, 0.1) is 0 Å². The van der Waals surface area contributed by atoms with Crippen LogP contribution in [-0.4, -0.2) is 39.1 Å². The number of fused-ring (bicyclic) bond motifs is 2. The first kappa shape index (κ1) is 15.7. The van der Waals surface area contributed by atoms with Crippen molar-refractivity contribution in [2.75, 3.05) is 0 Å². The lowest BCUT2D eigenvalue weighted by molar-refractivity contribution is 0.874. The molecule has 0 bridgehead atoms. The van der Waals surface area contributed by atoms with E-state index in [1.807, 2.05) is 6.92 Å². The third-order valence-corrected chi connectivity index (χ3v) is 4.85. The maximum Gasteiger partial charge on any atom is 0.230 e. The molecule has 0 radical (unpaired) electrons. The summed E-state index contributed by atoms with van der Waals surface area (Å²) in [5.41, 5.74) is 2.73. The molecule has 0 atom stereocenters. The molecule has 13 heteroatoms. The first-order valence-electron chi connectivity index (χ1n) is 6.56. The van der Waals surface area contributed by atoms with Crippen molar-refractivity contribution in [3.05, 3.63) is 29.3 Å². The summed E-state index contributed by atoms with van der Waals surface area (Å²) in [6.07, 6.45) is 0. The Morgan fingerprint density at radius 2 is 1.71 bits per heavy atom. The minimum absolute atomic E-state index is 0.332. The van der Waals surface area contributed by atoms with Gasteiger partial charge in [0.1, 0.15) is 21.5 Å². The SMILES string of the molecule is Cc1[nH]c2nc(=S)[nH]n2c(=S)c1-n1c(=S)[nH]c2c(=S)[nH]c(=S)[nH]c21. The van der Waals surface area contributed by atoms with Crippen molar-refractivity contribution in [3.63, 3.8) is 0 Å². The van der Waals surface area contributed by atoms with Gasteiger partial charge in [-0.05, 0) is 43.6 Å². The van der Waals surface area contributed by atoms with E-state index in [1.165, 1.54) is 0 Å². The Balaban J connectivity index is 2.26. The van der Waals surface area contributed by atoms with Crippen molar-refractivity contribution < 1.29 is 0 Å². The summed E-state index contributed by atoms with van der Waals surface area (Å²) in [7, 11) is 0. The van der Waals surface area contributed by atoms with Crippen LogP contribution in [0, 0.1) is 30.5 Å². The molecular formula is C11H8N8S5. The highest BCUT2D eigenvalue weighted by atomic mass is 32.1. The zero-order chi connectivity index (χ0) is 17.2. The Kier molecular flexibility index (Phi) is 3.50. The predicted molar refractivity (Wildman–Crippen MR) is 103 cm³/mol. The van der Waals surface area contributed by atoms with Crippen LogP contribution in [0.15, 0.2) is 0 Å². The molecule has 8 nitrogen and oxygen atoms in total. The second-order valence-corrected chi connectivity index (χ2v) is 6.97.